The lowest BCUT2D eigenvalue weighted by Crippen LogP contribution is -2.47. The predicted octanol–water partition coefficient (Wildman–Crippen LogP) is 2.44. The molecule has 8 nitrogen and oxygen atoms in total. The number of carbonyl (C=O) groups is 2. The molecule has 1 unspecified atom stereocenters. The molecular weight excluding hydrogens is 338 g/mol. The maximum Gasteiger partial charge on any atom is 0.282 e. The van der Waals surface area contributed by atoms with Crippen LogP contribution >= 0.6 is 0 Å². The Morgan fingerprint density at radius 3 is 2.42 bits per heavy atom. The van der Waals surface area contributed by atoms with E-state index in [1.807, 2.05) is 26.0 Å². The number of nitrogens with one attached hydrogen (secondary N) is 2. The molecule has 2 rings (SSSR count). The van der Waals surface area contributed by atoms with Crippen LogP contribution < -0.4 is 15.6 Å². The predicted molar refractivity (Wildman–Crippen MR) is 94.7 cm³/mol. The van der Waals surface area contributed by atoms with Crippen LogP contribution in [-0.2, 0) is 4.79 Å². The van der Waals surface area contributed by atoms with Crippen LogP contribution in [0.15, 0.2) is 42.5 Å². The van der Waals surface area contributed by atoms with Gasteiger partial charge in [0.2, 0.25) is 0 Å². The minimum atomic E-state index is -0.872. The van der Waals surface area contributed by atoms with Crippen molar-refractivity contribution in [1.82, 2.24) is 10.9 Å². The summed E-state index contributed by atoms with van der Waals surface area (Å²) in [5.74, 6) is -0.847. The van der Waals surface area contributed by atoms with Gasteiger partial charge in [0.25, 0.3) is 17.5 Å². The smallest absolute Gasteiger partial charge is 0.282 e. The number of hydrogen-bond donors (Lipinski definition) is 2. The van der Waals surface area contributed by atoms with E-state index in [1.165, 1.54) is 31.2 Å². The maximum absolute atomic E-state index is 12.1. The molecule has 0 aromatic heterocycles. The molecule has 136 valence electrons. The fourth-order valence-corrected chi connectivity index (χ4v) is 2.16. The summed E-state index contributed by atoms with van der Waals surface area (Å²) in [5, 5.41) is 10.9. The molecule has 0 aliphatic heterocycles. The van der Waals surface area contributed by atoms with Gasteiger partial charge in [-0.15, -0.1) is 0 Å². The van der Waals surface area contributed by atoms with Gasteiger partial charge in [0, 0.05) is 6.07 Å². The van der Waals surface area contributed by atoms with E-state index >= 15 is 0 Å². The first-order valence-corrected chi connectivity index (χ1v) is 7.87. The van der Waals surface area contributed by atoms with Crippen molar-refractivity contribution in [2.75, 3.05) is 0 Å². The normalized spacial score (nSPS) is 11.3. The molecule has 0 fully saturated rings. The lowest BCUT2D eigenvalue weighted by molar-refractivity contribution is -0.385. The Labute approximate surface area is 150 Å². The summed E-state index contributed by atoms with van der Waals surface area (Å²) in [7, 11) is 0. The van der Waals surface area contributed by atoms with Crippen molar-refractivity contribution in [2.24, 2.45) is 0 Å². The van der Waals surface area contributed by atoms with Gasteiger partial charge in [-0.2, -0.15) is 0 Å². The summed E-state index contributed by atoms with van der Waals surface area (Å²) in [5.41, 5.74) is 6.00. The second-order valence-electron chi connectivity index (χ2n) is 5.72. The molecule has 2 aromatic rings. The van der Waals surface area contributed by atoms with E-state index in [9.17, 15) is 19.7 Å². The van der Waals surface area contributed by atoms with Gasteiger partial charge in [-0.25, -0.2) is 0 Å². The second-order valence-corrected chi connectivity index (χ2v) is 5.72. The van der Waals surface area contributed by atoms with Crippen LogP contribution in [0.4, 0.5) is 5.69 Å². The Hall–Kier alpha value is -3.42. The highest BCUT2D eigenvalue weighted by molar-refractivity contribution is 5.99. The lowest BCUT2D eigenvalue weighted by atomic mass is 10.1. The zero-order chi connectivity index (χ0) is 19.3. The average Bonchev–Trinajstić information content (AvgIpc) is 2.62. The first kappa shape index (κ1) is 18.9. The van der Waals surface area contributed by atoms with Crippen LogP contribution in [0.2, 0.25) is 0 Å². The molecule has 0 spiro atoms. The van der Waals surface area contributed by atoms with Gasteiger partial charge in [0.1, 0.15) is 11.3 Å². The largest absolute Gasteiger partial charge is 0.481 e. The number of nitro benzene ring substituents is 1. The molecule has 0 saturated heterocycles. The van der Waals surface area contributed by atoms with Crippen molar-refractivity contribution in [2.45, 2.75) is 26.9 Å². The standard InChI is InChI=1S/C18H19N3O5/c1-11-8-9-14(10-12(11)2)26-13(3)17(22)19-20-18(23)15-6-4-5-7-16(15)21(24)25/h4-10,13H,1-3H3,(H,19,22)(H,20,23). The average molecular weight is 357 g/mol. The number of amides is 2. The van der Waals surface area contributed by atoms with E-state index in [0.717, 1.165) is 11.1 Å². The van der Waals surface area contributed by atoms with Crippen LogP contribution in [0.25, 0.3) is 0 Å². The second kappa shape index (κ2) is 8.11. The number of nitro groups is 1. The first-order valence-electron chi connectivity index (χ1n) is 7.87. The highest BCUT2D eigenvalue weighted by Crippen LogP contribution is 2.18. The van der Waals surface area contributed by atoms with Crippen molar-refractivity contribution in [3.63, 3.8) is 0 Å². The SMILES string of the molecule is Cc1ccc(OC(C)C(=O)NNC(=O)c2ccccc2[N+](=O)[O-])cc1C. The highest BCUT2D eigenvalue weighted by Gasteiger charge is 2.21. The van der Waals surface area contributed by atoms with E-state index < -0.39 is 22.8 Å². The molecule has 26 heavy (non-hydrogen) atoms. The summed E-state index contributed by atoms with van der Waals surface area (Å²) in [6.45, 7) is 5.43. The van der Waals surface area contributed by atoms with Crippen LogP contribution in [0.3, 0.4) is 0 Å². The summed E-state index contributed by atoms with van der Waals surface area (Å²) < 4.78 is 5.54. The molecule has 0 saturated carbocycles. The van der Waals surface area contributed by atoms with Gasteiger partial charge in [-0.3, -0.25) is 30.6 Å². The first-order chi connectivity index (χ1) is 12.3. The number of benzene rings is 2. The van der Waals surface area contributed by atoms with Gasteiger partial charge in [-0.05, 0) is 50.1 Å². The van der Waals surface area contributed by atoms with E-state index in [-0.39, 0.29) is 11.3 Å². The van der Waals surface area contributed by atoms with Crippen LogP contribution in [0.5, 0.6) is 5.75 Å². The van der Waals surface area contributed by atoms with Crippen molar-refractivity contribution in [3.8, 4) is 5.75 Å². The number of ether oxygens (including phenoxy) is 1. The Morgan fingerprint density at radius 2 is 1.77 bits per heavy atom. The van der Waals surface area contributed by atoms with Crippen LogP contribution in [0, 0.1) is 24.0 Å². The number of hydrazine groups is 1. The molecule has 2 N–H and O–H groups in total. The number of hydrogen-bond acceptors (Lipinski definition) is 5. The summed E-state index contributed by atoms with van der Waals surface area (Å²) >= 11 is 0. The number of para-hydroxylation sites is 1. The Morgan fingerprint density at radius 1 is 1.08 bits per heavy atom. The highest BCUT2D eigenvalue weighted by atomic mass is 16.6. The summed E-state index contributed by atoms with van der Waals surface area (Å²) in [6, 6.07) is 10.9. The number of aryl methyl sites for hydroxylation is 2. The lowest BCUT2D eigenvalue weighted by Gasteiger charge is -2.16. The molecule has 1 atom stereocenters. The van der Waals surface area contributed by atoms with Gasteiger partial charge < -0.3 is 4.74 Å². The molecule has 0 heterocycles. The Kier molecular flexibility index (Phi) is 5.90. The molecule has 0 aliphatic carbocycles. The van der Waals surface area contributed by atoms with Crippen LogP contribution in [0.1, 0.15) is 28.4 Å². The van der Waals surface area contributed by atoms with E-state index in [2.05, 4.69) is 10.9 Å². The molecular formula is C18H19N3O5. The van der Waals surface area contributed by atoms with E-state index in [0.29, 0.717) is 5.75 Å². The molecule has 0 aliphatic rings. The van der Waals surface area contributed by atoms with Crippen molar-refractivity contribution < 1.29 is 19.2 Å². The zero-order valence-electron chi connectivity index (χ0n) is 14.6. The quantitative estimate of drug-likeness (QED) is 0.631. The Balaban J connectivity index is 1.96. The summed E-state index contributed by atoms with van der Waals surface area (Å²) in [6.07, 6.45) is -0.872. The minimum Gasteiger partial charge on any atom is -0.481 e. The van der Waals surface area contributed by atoms with Gasteiger partial charge in [-0.1, -0.05) is 18.2 Å². The van der Waals surface area contributed by atoms with Crippen molar-refractivity contribution in [3.05, 3.63) is 69.3 Å². The van der Waals surface area contributed by atoms with Crippen molar-refractivity contribution >= 4 is 17.5 Å². The molecule has 8 heteroatoms. The van der Waals surface area contributed by atoms with Crippen LogP contribution in [-0.4, -0.2) is 22.8 Å². The zero-order valence-corrected chi connectivity index (χ0v) is 14.6. The molecule has 2 amide bonds. The third-order valence-corrected chi connectivity index (χ3v) is 3.81. The summed E-state index contributed by atoms with van der Waals surface area (Å²) in [4.78, 5) is 34.4. The third kappa shape index (κ3) is 4.56. The van der Waals surface area contributed by atoms with Gasteiger partial charge in [0.05, 0.1) is 4.92 Å². The number of nitrogens with zero attached hydrogens (tertiary/aromatic N) is 1. The number of carbonyl (C=O) groups excluding carboxylic acids is 2. The molecule has 0 radical (unpaired) electrons. The Bertz CT molecular complexity index is 850. The monoisotopic (exact) mass is 357 g/mol. The molecule has 0 bridgehead atoms. The van der Waals surface area contributed by atoms with Gasteiger partial charge >= 0.3 is 0 Å². The van der Waals surface area contributed by atoms with Gasteiger partial charge in [0.15, 0.2) is 6.10 Å². The fraction of sp³-hybridized carbons (Fsp3) is 0.222. The fourth-order valence-electron chi connectivity index (χ4n) is 2.16. The topological polar surface area (TPSA) is 111 Å². The minimum absolute atomic E-state index is 0.152. The van der Waals surface area contributed by atoms with E-state index in [1.54, 1.807) is 6.07 Å². The van der Waals surface area contributed by atoms with E-state index in [4.69, 9.17) is 4.74 Å². The maximum atomic E-state index is 12.1. The third-order valence-electron chi connectivity index (χ3n) is 3.81. The van der Waals surface area contributed by atoms with Crippen molar-refractivity contribution in [1.29, 1.82) is 0 Å². The number of rotatable bonds is 5. The molecule has 2 aromatic carbocycles.